The number of rotatable bonds is 5. The molecule has 2 atom stereocenters. The molecule has 0 aliphatic carbocycles. The second-order valence-corrected chi connectivity index (χ2v) is 5.24. The molecule has 5 nitrogen and oxygen atoms in total. The van der Waals surface area contributed by atoms with Crippen molar-refractivity contribution in [2.75, 3.05) is 6.61 Å². The quantitative estimate of drug-likeness (QED) is 0.851. The van der Waals surface area contributed by atoms with Gasteiger partial charge in [0.25, 0.3) is 0 Å². The van der Waals surface area contributed by atoms with E-state index < -0.39 is 18.1 Å². The van der Waals surface area contributed by atoms with Gasteiger partial charge in [-0.15, -0.1) is 0 Å². The molecule has 1 aromatic rings. The van der Waals surface area contributed by atoms with Crippen LogP contribution in [0, 0.1) is 0 Å². The van der Waals surface area contributed by atoms with Crippen LogP contribution in [0.15, 0.2) is 24.3 Å². The lowest BCUT2D eigenvalue weighted by atomic mass is 10.0. The fourth-order valence-electron chi connectivity index (χ4n) is 2.17. The van der Waals surface area contributed by atoms with Crippen LogP contribution in [0.3, 0.4) is 0 Å². The van der Waals surface area contributed by atoms with Crippen molar-refractivity contribution in [2.24, 2.45) is 5.73 Å². The lowest BCUT2D eigenvalue weighted by Gasteiger charge is -2.18. The molecule has 1 aromatic carbocycles. The van der Waals surface area contributed by atoms with E-state index in [0.29, 0.717) is 24.5 Å². The third-order valence-corrected chi connectivity index (χ3v) is 3.45. The topological polar surface area (TPSA) is 81.4 Å². The molecular weight excluding hydrogens is 280 g/mol. The maximum atomic E-state index is 11.9. The summed E-state index contributed by atoms with van der Waals surface area (Å²) in [4.78, 5) is 23.4. The van der Waals surface area contributed by atoms with Crippen molar-refractivity contribution in [1.29, 1.82) is 0 Å². The molecule has 6 heteroatoms. The number of carbonyl (C=O) groups is 2. The summed E-state index contributed by atoms with van der Waals surface area (Å²) in [6.45, 7) is 0.577. The summed E-state index contributed by atoms with van der Waals surface area (Å²) < 4.78 is 5.28. The van der Waals surface area contributed by atoms with Gasteiger partial charge in [0, 0.05) is 18.1 Å². The molecule has 108 valence electrons. The lowest BCUT2D eigenvalue weighted by Crippen LogP contribution is -2.49. The molecule has 2 amide bonds. The first-order valence-corrected chi connectivity index (χ1v) is 6.90. The molecule has 0 spiro atoms. The van der Waals surface area contributed by atoms with Crippen molar-refractivity contribution in [3.63, 3.8) is 0 Å². The minimum absolute atomic E-state index is 0.284. The highest BCUT2D eigenvalue weighted by Crippen LogP contribution is 2.14. The second-order valence-electron chi connectivity index (χ2n) is 4.80. The van der Waals surface area contributed by atoms with Crippen molar-refractivity contribution in [3.8, 4) is 0 Å². The van der Waals surface area contributed by atoms with E-state index in [1.165, 1.54) is 0 Å². The predicted molar refractivity (Wildman–Crippen MR) is 75.3 cm³/mol. The average Bonchev–Trinajstić information content (AvgIpc) is 2.91. The molecule has 1 aliphatic rings. The lowest BCUT2D eigenvalue weighted by molar-refractivity contribution is -0.133. The Balaban J connectivity index is 2.00. The molecule has 0 unspecified atom stereocenters. The minimum Gasteiger partial charge on any atom is -0.368 e. The molecule has 1 saturated heterocycles. The summed E-state index contributed by atoms with van der Waals surface area (Å²) in [7, 11) is 0. The van der Waals surface area contributed by atoms with Crippen molar-refractivity contribution >= 4 is 23.4 Å². The van der Waals surface area contributed by atoms with Crippen LogP contribution in [0.5, 0.6) is 0 Å². The van der Waals surface area contributed by atoms with Gasteiger partial charge in [0.15, 0.2) is 0 Å². The zero-order valence-electron chi connectivity index (χ0n) is 11.0. The van der Waals surface area contributed by atoms with Crippen LogP contribution in [0.1, 0.15) is 18.4 Å². The van der Waals surface area contributed by atoms with E-state index in [2.05, 4.69) is 5.32 Å². The Bertz CT molecular complexity index is 501. The van der Waals surface area contributed by atoms with Crippen LogP contribution >= 0.6 is 11.6 Å². The molecule has 0 radical (unpaired) electrons. The number of primary amides is 1. The smallest absolute Gasteiger partial charge is 0.249 e. The number of halogens is 1. The van der Waals surface area contributed by atoms with E-state index in [4.69, 9.17) is 22.1 Å². The molecule has 0 bridgehead atoms. The summed E-state index contributed by atoms with van der Waals surface area (Å²) in [6.07, 6.45) is 1.37. The van der Waals surface area contributed by atoms with Gasteiger partial charge in [-0.1, -0.05) is 23.7 Å². The number of nitrogens with two attached hydrogens (primary N) is 1. The predicted octanol–water partition coefficient (Wildman–Crippen LogP) is 1.03. The fraction of sp³-hybridized carbons (Fsp3) is 0.429. The van der Waals surface area contributed by atoms with Crippen molar-refractivity contribution in [3.05, 3.63) is 34.9 Å². The summed E-state index contributed by atoms with van der Waals surface area (Å²) in [5.74, 6) is -0.857. The van der Waals surface area contributed by atoms with E-state index in [1.54, 1.807) is 18.2 Å². The monoisotopic (exact) mass is 296 g/mol. The molecule has 0 saturated carbocycles. The van der Waals surface area contributed by atoms with Crippen molar-refractivity contribution < 1.29 is 14.3 Å². The van der Waals surface area contributed by atoms with Gasteiger partial charge in [-0.3, -0.25) is 9.59 Å². The number of benzene rings is 1. The maximum Gasteiger partial charge on any atom is 0.249 e. The number of amides is 2. The molecule has 0 aromatic heterocycles. The van der Waals surface area contributed by atoms with Crippen LogP contribution < -0.4 is 11.1 Å². The van der Waals surface area contributed by atoms with Gasteiger partial charge in [-0.2, -0.15) is 0 Å². The van der Waals surface area contributed by atoms with Gasteiger partial charge in [-0.05, 0) is 30.5 Å². The Kier molecular flexibility index (Phi) is 4.98. The third-order valence-electron chi connectivity index (χ3n) is 3.21. The summed E-state index contributed by atoms with van der Waals surface area (Å²) in [6, 6.07) is 6.35. The molecule has 2 rings (SSSR count). The van der Waals surface area contributed by atoms with Crippen molar-refractivity contribution in [2.45, 2.75) is 31.4 Å². The largest absolute Gasteiger partial charge is 0.368 e. The first-order valence-electron chi connectivity index (χ1n) is 6.52. The highest BCUT2D eigenvalue weighted by molar-refractivity contribution is 6.30. The Morgan fingerprint density at radius 2 is 2.30 bits per heavy atom. The number of ether oxygens (including phenoxy) is 1. The Labute approximate surface area is 122 Å². The molecule has 1 aliphatic heterocycles. The number of hydrogen-bond acceptors (Lipinski definition) is 3. The van der Waals surface area contributed by atoms with Crippen LogP contribution in [-0.4, -0.2) is 30.6 Å². The normalized spacial score (nSPS) is 19.6. The van der Waals surface area contributed by atoms with E-state index >= 15 is 0 Å². The number of hydrogen-bond donors (Lipinski definition) is 2. The van der Waals surface area contributed by atoms with E-state index in [0.717, 1.165) is 12.0 Å². The number of carbonyl (C=O) groups excluding carboxylic acids is 2. The number of nitrogens with one attached hydrogen (secondary N) is 1. The van der Waals surface area contributed by atoms with Gasteiger partial charge in [0.2, 0.25) is 11.8 Å². The first-order chi connectivity index (χ1) is 9.56. The average molecular weight is 297 g/mol. The molecular formula is C14H17ClN2O3. The van der Waals surface area contributed by atoms with Gasteiger partial charge >= 0.3 is 0 Å². The highest BCUT2D eigenvalue weighted by atomic mass is 35.5. The van der Waals surface area contributed by atoms with Crippen LogP contribution in [0.4, 0.5) is 0 Å². The van der Waals surface area contributed by atoms with E-state index in [1.807, 2.05) is 6.07 Å². The van der Waals surface area contributed by atoms with E-state index in [9.17, 15) is 9.59 Å². The highest BCUT2D eigenvalue weighted by Gasteiger charge is 2.27. The zero-order valence-corrected chi connectivity index (χ0v) is 11.7. The third kappa shape index (κ3) is 3.95. The Morgan fingerprint density at radius 3 is 2.90 bits per heavy atom. The SMILES string of the molecule is NC(=O)[C@H](Cc1cccc(Cl)c1)NC(=O)[C@@H]1CCCO1. The Hall–Kier alpha value is -1.59. The molecule has 20 heavy (non-hydrogen) atoms. The van der Waals surface area contributed by atoms with Gasteiger partial charge < -0.3 is 15.8 Å². The van der Waals surface area contributed by atoms with Gasteiger partial charge in [-0.25, -0.2) is 0 Å². The van der Waals surface area contributed by atoms with E-state index in [-0.39, 0.29) is 5.91 Å². The minimum atomic E-state index is -0.759. The Morgan fingerprint density at radius 1 is 1.50 bits per heavy atom. The molecule has 3 N–H and O–H groups in total. The van der Waals surface area contributed by atoms with Gasteiger partial charge in [0.1, 0.15) is 12.1 Å². The van der Waals surface area contributed by atoms with Crippen LogP contribution in [0.2, 0.25) is 5.02 Å². The first kappa shape index (κ1) is 14.8. The standard InChI is InChI=1S/C14H17ClN2O3/c15-10-4-1-3-9(7-10)8-11(13(16)18)17-14(19)12-5-2-6-20-12/h1,3-4,7,11-12H,2,5-6,8H2,(H2,16,18)(H,17,19)/t11-,12-/m0/s1. The second kappa shape index (κ2) is 6.72. The molecule has 1 fully saturated rings. The van der Waals surface area contributed by atoms with Crippen molar-refractivity contribution in [1.82, 2.24) is 5.32 Å². The maximum absolute atomic E-state index is 11.9. The molecule has 1 heterocycles. The van der Waals surface area contributed by atoms with Crippen LogP contribution in [-0.2, 0) is 20.7 Å². The summed E-state index contributed by atoms with van der Waals surface area (Å²) in [5, 5.41) is 3.22. The summed E-state index contributed by atoms with van der Waals surface area (Å²) >= 11 is 5.89. The summed E-state index contributed by atoms with van der Waals surface area (Å²) in [5.41, 5.74) is 6.18. The van der Waals surface area contributed by atoms with Gasteiger partial charge in [0.05, 0.1) is 0 Å². The zero-order chi connectivity index (χ0) is 14.5. The fourth-order valence-corrected chi connectivity index (χ4v) is 2.38. The van der Waals surface area contributed by atoms with Crippen LogP contribution in [0.25, 0.3) is 0 Å².